The van der Waals surface area contributed by atoms with Gasteiger partial charge in [0.15, 0.2) is 11.4 Å². The smallest absolute Gasteiger partial charge is 0.164 e. The minimum atomic E-state index is 0.613. The molecule has 0 amide bonds. The number of hydrogen-bond donors (Lipinski definition) is 0. The van der Waals surface area contributed by atoms with Crippen molar-refractivity contribution in [1.82, 2.24) is 10.2 Å². The van der Waals surface area contributed by atoms with Gasteiger partial charge in [0.05, 0.1) is 5.69 Å². The van der Waals surface area contributed by atoms with Gasteiger partial charge in [-0.05, 0) is 140 Å². The first-order valence-corrected chi connectivity index (χ1v) is 23.1. The van der Waals surface area contributed by atoms with E-state index in [0.717, 1.165) is 93.9 Å². The largest absolute Gasteiger partial charge is 0.456 e. The van der Waals surface area contributed by atoms with Crippen LogP contribution in [0.5, 0.6) is 0 Å². The quantitative estimate of drug-likeness (QED) is 0.154. The lowest BCUT2D eigenvalue weighted by Crippen LogP contribution is -2.12. The van der Waals surface area contributed by atoms with Crippen LogP contribution in [0.25, 0.3) is 109 Å². The molecule has 0 fully saturated rings. The summed E-state index contributed by atoms with van der Waals surface area (Å²) in [5.74, 6) is 0.613. The van der Waals surface area contributed by atoms with Gasteiger partial charge in [-0.2, -0.15) is 0 Å². The zero-order valence-electron chi connectivity index (χ0n) is 36.8. The number of hydrogen-bond acceptors (Lipinski definition) is 7. The Hall–Kier alpha value is -9.46. The number of anilines is 6. The average molecular weight is 885 g/mol. The fourth-order valence-electron chi connectivity index (χ4n) is 10.5. The highest BCUT2D eigenvalue weighted by molar-refractivity contribution is 6.09. The number of rotatable bonds is 6. The molecule has 4 aromatic heterocycles. The van der Waals surface area contributed by atoms with Crippen molar-refractivity contribution >= 4 is 143 Å². The molecule has 322 valence electrons. The summed E-state index contributed by atoms with van der Waals surface area (Å²) in [6.07, 6.45) is 0. The van der Waals surface area contributed by atoms with Gasteiger partial charge in [-0.3, -0.25) is 4.90 Å². The molecule has 7 nitrogen and oxygen atoms in total. The molecule has 0 saturated carbocycles. The number of para-hydroxylation sites is 2. The molecular formula is C62H36N4O3. The lowest BCUT2D eigenvalue weighted by atomic mass is 10.0. The van der Waals surface area contributed by atoms with Crippen molar-refractivity contribution in [3.8, 4) is 0 Å². The van der Waals surface area contributed by atoms with Gasteiger partial charge in [0.1, 0.15) is 33.4 Å². The monoisotopic (exact) mass is 884 g/mol. The van der Waals surface area contributed by atoms with Crippen LogP contribution < -0.4 is 9.80 Å². The van der Waals surface area contributed by atoms with Crippen molar-refractivity contribution in [1.29, 1.82) is 0 Å². The fraction of sp³-hybridized carbons (Fsp3) is 0. The van der Waals surface area contributed by atoms with Gasteiger partial charge in [-0.15, -0.1) is 10.2 Å². The lowest BCUT2D eigenvalue weighted by Gasteiger charge is -2.26. The van der Waals surface area contributed by atoms with Gasteiger partial charge in [-0.1, -0.05) is 97.1 Å². The zero-order chi connectivity index (χ0) is 45.2. The maximum atomic E-state index is 6.84. The molecule has 4 heterocycles. The van der Waals surface area contributed by atoms with Gasteiger partial charge in [0.2, 0.25) is 0 Å². The van der Waals surface area contributed by atoms with Crippen LogP contribution in [0.15, 0.2) is 232 Å². The van der Waals surface area contributed by atoms with Crippen LogP contribution in [0.4, 0.5) is 34.3 Å². The van der Waals surface area contributed by atoms with E-state index >= 15 is 0 Å². The van der Waals surface area contributed by atoms with Gasteiger partial charge in [0, 0.05) is 73.9 Å². The van der Waals surface area contributed by atoms with Crippen molar-refractivity contribution in [3.05, 3.63) is 218 Å². The Balaban J connectivity index is 0.887. The molecule has 0 N–H and O–H groups in total. The number of nitrogens with zero attached hydrogens (tertiary/aromatic N) is 4. The van der Waals surface area contributed by atoms with E-state index in [1.807, 2.05) is 36.4 Å². The molecule has 0 bridgehead atoms. The summed E-state index contributed by atoms with van der Waals surface area (Å²) in [5, 5.41) is 24.4. The van der Waals surface area contributed by atoms with Crippen LogP contribution in [0.3, 0.4) is 0 Å². The standard InChI is InChI=1S/C62H36N4O3/c1-3-11-39-29-43-31-45(19-17-41(43)27-37(39)9-1)65(47-21-24-52-50-13-5-7-15-55(50)67-57(52)33-47)48-23-26-54-59(34-48)69-60-36-61(63-64-62(54)60)66(49-22-25-53-51-14-6-8-16-56(51)68-58(53)35-49)46-20-18-42-28-38-10-2-4-12-40(38)30-44(42)32-46/h1-36H. The molecule has 0 radical (unpaired) electrons. The summed E-state index contributed by atoms with van der Waals surface area (Å²) in [6, 6.07) is 76.6. The molecule has 0 spiro atoms. The molecule has 15 rings (SSSR count). The molecule has 11 aromatic carbocycles. The summed E-state index contributed by atoms with van der Waals surface area (Å²) in [6.45, 7) is 0. The van der Waals surface area contributed by atoms with E-state index in [2.05, 4.69) is 192 Å². The Bertz CT molecular complexity index is 4310. The average Bonchev–Trinajstić information content (AvgIpc) is 4.08. The van der Waals surface area contributed by atoms with Crippen molar-refractivity contribution in [3.63, 3.8) is 0 Å². The molecule has 0 saturated heterocycles. The minimum absolute atomic E-state index is 0.613. The summed E-state index contributed by atoms with van der Waals surface area (Å²) < 4.78 is 19.7. The van der Waals surface area contributed by atoms with Crippen molar-refractivity contribution in [2.45, 2.75) is 0 Å². The van der Waals surface area contributed by atoms with Crippen molar-refractivity contribution < 1.29 is 13.3 Å². The molecule has 0 aliphatic rings. The summed E-state index contributed by atoms with van der Waals surface area (Å²) in [4.78, 5) is 4.40. The van der Waals surface area contributed by atoms with E-state index < -0.39 is 0 Å². The lowest BCUT2D eigenvalue weighted by molar-refractivity contribution is 0.667. The molecule has 0 atom stereocenters. The first-order valence-electron chi connectivity index (χ1n) is 23.1. The third-order valence-corrected chi connectivity index (χ3v) is 13.8. The van der Waals surface area contributed by atoms with Gasteiger partial charge < -0.3 is 18.2 Å². The Kier molecular flexibility index (Phi) is 7.94. The second-order valence-electron chi connectivity index (χ2n) is 17.9. The number of aromatic nitrogens is 2. The fourth-order valence-corrected chi connectivity index (χ4v) is 10.5. The molecule has 0 unspecified atom stereocenters. The summed E-state index contributed by atoms with van der Waals surface area (Å²) >= 11 is 0. The maximum Gasteiger partial charge on any atom is 0.164 e. The normalized spacial score (nSPS) is 12.1. The third kappa shape index (κ3) is 6.00. The SMILES string of the molecule is c1ccc2cc3cc(N(c4ccc5c(c4)oc4ccccc45)c4ccc5c(c4)oc4cc(N(c6ccc7cc8ccccc8cc7c6)c6ccc7c(c6)oc6ccccc67)nnc45)ccc3cc2c1. The first-order chi connectivity index (χ1) is 34.1. The number of fused-ring (bicyclic) bond motifs is 13. The number of benzene rings is 11. The van der Waals surface area contributed by atoms with Crippen LogP contribution in [-0.4, -0.2) is 10.2 Å². The Morgan fingerprint density at radius 2 is 0.623 bits per heavy atom. The summed E-state index contributed by atoms with van der Waals surface area (Å²) in [7, 11) is 0. The van der Waals surface area contributed by atoms with Crippen LogP contribution in [0.1, 0.15) is 0 Å². The molecule has 15 aromatic rings. The van der Waals surface area contributed by atoms with E-state index in [-0.39, 0.29) is 0 Å². The molecular weight excluding hydrogens is 849 g/mol. The third-order valence-electron chi connectivity index (χ3n) is 13.8. The van der Waals surface area contributed by atoms with Gasteiger partial charge in [0.25, 0.3) is 0 Å². The van der Waals surface area contributed by atoms with E-state index in [9.17, 15) is 0 Å². The highest BCUT2D eigenvalue weighted by Crippen LogP contribution is 2.44. The van der Waals surface area contributed by atoms with E-state index in [1.54, 1.807) is 0 Å². The first kappa shape index (κ1) is 37.7. The molecule has 69 heavy (non-hydrogen) atoms. The minimum Gasteiger partial charge on any atom is -0.456 e. The van der Waals surface area contributed by atoms with Gasteiger partial charge >= 0.3 is 0 Å². The zero-order valence-corrected chi connectivity index (χ0v) is 36.8. The second kappa shape index (κ2) is 14.5. The molecule has 0 aliphatic carbocycles. The highest BCUT2D eigenvalue weighted by Gasteiger charge is 2.22. The molecule has 7 heteroatoms. The van der Waals surface area contributed by atoms with Crippen molar-refractivity contribution in [2.24, 2.45) is 0 Å². The predicted molar refractivity (Wildman–Crippen MR) is 283 cm³/mol. The van der Waals surface area contributed by atoms with Crippen LogP contribution >= 0.6 is 0 Å². The Labute approximate surface area is 393 Å². The van der Waals surface area contributed by atoms with Crippen LogP contribution in [0, 0.1) is 0 Å². The van der Waals surface area contributed by atoms with Crippen molar-refractivity contribution in [2.75, 3.05) is 9.80 Å². The van der Waals surface area contributed by atoms with Crippen LogP contribution in [-0.2, 0) is 0 Å². The van der Waals surface area contributed by atoms with E-state index in [0.29, 0.717) is 22.5 Å². The highest BCUT2D eigenvalue weighted by atomic mass is 16.3. The topological polar surface area (TPSA) is 71.7 Å². The van der Waals surface area contributed by atoms with Gasteiger partial charge in [-0.25, -0.2) is 0 Å². The Morgan fingerprint density at radius 1 is 0.246 bits per heavy atom. The second-order valence-corrected chi connectivity index (χ2v) is 17.9. The number of furan rings is 3. The predicted octanol–water partition coefficient (Wildman–Crippen LogP) is 17.7. The summed E-state index contributed by atoms with van der Waals surface area (Å²) in [5.41, 5.74) is 10.0. The molecule has 0 aliphatic heterocycles. The van der Waals surface area contributed by atoms with Crippen LogP contribution in [0.2, 0.25) is 0 Å². The Morgan fingerprint density at radius 3 is 1.17 bits per heavy atom. The maximum absolute atomic E-state index is 6.84. The van der Waals surface area contributed by atoms with E-state index in [4.69, 9.17) is 23.4 Å². The van der Waals surface area contributed by atoms with E-state index in [1.165, 1.54) is 26.9 Å².